The molecule has 172 valence electrons. The molecule has 3 amide bonds. The van der Waals surface area contributed by atoms with Crippen LogP contribution in [-0.4, -0.2) is 46.3 Å². The van der Waals surface area contributed by atoms with Gasteiger partial charge in [0.2, 0.25) is 5.91 Å². The number of hydrogen-bond donors (Lipinski definition) is 2. The van der Waals surface area contributed by atoms with Crippen LogP contribution in [0.15, 0.2) is 48.1 Å². The van der Waals surface area contributed by atoms with Crippen LogP contribution < -0.4 is 15.4 Å². The van der Waals surface area contributed by atoms with Gasteiger partial charge >= 0.3 is 6.03 Å². The van der Waals surface area contributed by atoms with Crippen molar-refractivity contribution in [2.45, 2.75) is 19.3 Å². The zero-order valence-electron chi connectivity index (χ0n) is 18.5. The lowest BCUT2D eigenvalue weighted by atomic mass is 9.81. The van der Waals surface area contributed by atoms with Crippen LogP contribution in [-0.2, 0) is 11.8 Å². The monoisotopic (exact) mass is 465 g/mol. The number of anilines is 2. The Morgan fingerprint density at radius 1 is 1.24 bits per heavy atom. The molecule has 2 N–H and O–H groups in total. The molecule has 0 unspecified atom stereocenters. The second-order valence-electron chi connectivity index (χ2n) is 8.67. The molecule has 2 atom stereocenters. The number of benzene rings is 1. The van der Waals surface area contributed by atoms with E-state index in [-0.39, 0.29) is 23.8 Å². The summed E-state index contributed by atoms with van der Waals surface area (Å²) in [7, 11) is 1.88. The Labute approximate surface area is 196 Å². The fourth-order valence-electron chi connectivity index (χ4n) is 4.65. The zero-order valence-corrected chi connectivity index (χ0v) is 19.3. The highest BCUT2D eigenvalue weighted by atomic mass is 32.1. The lowest BCUT2D eigenvalue weighted by molar-refractivity contribution is -0.118. The summed E-state index contributed by atoms with van der Waals surface area (Å²) in [5.74, 6) is 1.09. The maximum atomic E-state index is 12.8. The van der Waals surface area contributed by atoms with Crippen LogP contribution in [0, 0.1) is 11.8 Å². The minimum Gasteiger partial charge on any atom is -0.491 e. The summed E-state index contributed by atoms with van der Waals surface area (Å²) in [4.78, 5) is 27.4. The van der Waals surface area contributed by atoms with Crippen molar-refractivity contribution in [2.75, 3.05) is 30.3 Å². The average molecular weight is 466 g/mol. The van der Waals surface area contributed by atoms with Gasteiger partial charge in [-0.15, -0.1) is 11.3 Å². The van der Waals surface area contributed by atoms with Crippen molar-refractivity contribution in [3.63, 3.8) is 0 Å². The number of ether oxygens (including phenoxy) is 1. The number of nitrogens with zero attached hydrogens (tertiary/aromatic N) is 3. The van der Waals surface area contributed by atoms with E-state index in [4.69, 9.17) is 4.74 Å². The predicted octanol–water partition coefficient (Wildman–Crippen LogP) is 4.43. The lowest BCUT2D eigenvalue weighted by Crippen LogP contribution is -2.46. The summed E-state index contributed by atoms with van der Waals surface area (Å²) in [5, 5.41) is 13.0. The normalized spacial score (nSPS) is 20.8. The van der Waals surface area contributed by atoms with Gasteiger partial charge in [-0.3, -0.25) is 14.8 Å². The molecule has 0 bridgehead atoms. The quantitative estimate of drug-likeness (QED) is 0.586. The molecule has 9 heteroatoms. The lowest BCUT2D eigenvalue weighted by Gasteiger charge is -2.38. The summed E-state index contributed by atoms with van der Waals surface area (Å²) in [5.41, 5.74) is 2.67. The zero-order chi connectivity index (χ0) is 22.8. The molecule has 3 aromatic rings. The molecule has 0 saturated carbocycles. The second-order valence-corrected chi connectivity index (χ2v) is 9.61. The Balaban J connectivity index is 1.30. The molecule has 0 aliphatic carbocycles. The minimum absolute atomic E-state index is 0.0117. The smallest absolute Gasteiger partial charge is 0.322 e. The molecule has 2 aliphatic rings. The predicted molar refractivity (Wildman–Crippen MR) is 129 cm³/mol. The van der Waals surface area contributed by atoms with E-state index in [2.05, 4.69) is 15.7 Å². The van der Waals surface area contributed by atoms with Crippen LogP contribution >= 0.6 is 11.3 Å². The first-order chi connectivity index (χ1) is 16.0. The average Bonchev–Trinajstić information content (AvgIpc) is 3.47. The van der Waals surface area contributed by atoms with Crippen LogP contribution in [0.25, 0.3) is 11.1 Å². The van der Waals surface area contributed by atoms with Gasteiger partial charge in [0.15, 0.2) is 0 Å². The van der Waals surface area contributed by atoms with Gasteiger partial charge in [0.05, 0.1) is 23.5 Å². The number of rotatable bonds is 2. The van der Waals surface area contributed by atoms with Crippen molar-refractivity contribution in [3.8, 4) is 16.9 Å². The third-order valence-corrected chi connectivity index (χ3v) is 7.20. The van der Waals surface area contributed by atoms with Gasteiger partial charge in [0.1, 0.15) is 5.75 Å². The Morgan fingerprint density at radius 3 is 2.94 bits per heavy atom. The van der Waals surface area contributed by atoms with Crippen molar-refractivity contribution < 1.29 is 14.3 Å². The molecular formula is C24H27N5O3S. The molecule has 0 radical (unpaired) electrons. The third-order valence-electron chi connectivity index (χ3n) is 6.42. The Kier molecular flexibility index (Phi) is 6.04. The van der Waals surface area contributed by atoms with Crippen LogP contribution in [0.4, 0.5) is 15.5 Å². The summed E-state index contributed by atoms with van der Waals surface area (Å²) in [6.45, 7) is 1.81. The number of hydrogen-bond acceptors (Lipinski definition) is 5. The van der Waals surface area contributed by atoms with Crippen LogP contribution in [0.1, 0.15) is 19.3 Å². The summed E-state index contributed by atoms with van der Waals surface area (Å²) in [6, 6.07) is 9.55. The molecule has 5 rings (SSSR count). The van der Waals surface area contributed by atoms with E-state index in [1.165, 1.54) is 11.3 Å². The van der Waals surface area contributed by atoms with Gasteiger partial charge in [-0.1, -0.05) is 6.07 Å². The third kappa shape index (κ3) is 4.88. The molecule has 4 heterocycles. The summed E-state index contributed by atoms with van der Waals surface area (Å²) >= 11 is 1.51. The number of nitrogens with one attached hydrogen (secondary N) is 2. The first-order valence-electron chi connectivity index (χ1n) is 11.2. The van der Waals surface area contributed by atoms with Gasteiger partial charge < -0.3 is 15.0 Å². The van der Waals surface area contributed by atoms with Gasteiger partial charge in [0.25, 0.3) is 0 Å². The van der Waals surface area contributed by atoms with Crippen LogP contribution in [0.2, 0.25) is 0 Å². The van der Waals surface area contributed by atoms with Crippen LogP contribution in [0.3, 0.4) is 0 Å². The van der Waals surface area contributed by atoms with Crippen molar-refractivity contribution >= 4 is 34.0 Å². The van der Waals surface area contributed by atoms with Gasteiger partial charge in [-0.2, -0.15) is 5.10 Å². The first kappa shape index (κ1) is 21.5. The molecule has 1 fully saturated rings. The Hall–Kier alpha value is -3.33. The second kappa shape index (κ2) is 9.27. The number of thiophene rings is 1. The molecule has 1 saturated heterocycles. The van der Waals surface area contributed by atoms with E-state index in [0.29, 0.717) is 37.6 Å². The number of carbonyl (C=O) groups is 2. The molecular weight excluding hydrogens is 438 g/mol. The first-order valence-corrected chi connectivity index (χ1v) is 12.1. The van der Waals surface area contributed by atoms with Gasteiger partial charge in [0, 0.05) is 38.3 Å². The van der Waals surface area contributed by atoms with E-state index >= 15 is 0 Å². The van der Waals surface area contributed by atoms with E-state index in [1.807, 2.05) is 60.1 Å². The van der Waals surface area contributed by atoms with Gasteiger partial charge in [-0.25, -0.2) is 4.79 Å². The highest BCUT2D eigenvalue weighted by molar-refractivity contribution is 7.14. The fraction of sp³-hybridized carbons (Fsp3) is 0.375. The molecule has 2 aromatic heterocycles. The van der Waals surface area contributed by atoms with Crippen molar-refractivity contribution in [1.29, 1.82) is 0 Å². The number of carbonyl (C=O) groups excluding carboxylic acids is 2. The number of fused-ring (bicyclic) bond motifs is 2. The van der Waals surface area contributed by atoms with E-state index in [0.717, 1.165) is 29.0 Å². The highest BCUT2D eigenvalue weighted by Crippen LogP contribution is 2.35. The number of aromatic nitrogens is 2. The Bertz CT molecular complexity index is 1140. The van der Waals surface area contributed by atoms with Crippen LogP contribution in [0.5, 0.6) is 5.75 Å². The molecule has 1 aromatic carbocycles. The van der Waals surface area contributed by atoms with Crippen molar-refractivity contribution in [3.05, 3.63) is 48.1 Å². The number of piperidine rings is 1. The van der Waals surface area contributed by atoms with E-state index < -0.39 is 0 Å². The summed E-state index contributed by atoms with van der Waals surface area (Å²) in [6.07, 6.45) is 5.81. The van der Waals surface area contributed by atoms with E-state index in [9.17, 15) is 9.59 Å². The fourth-order valence-corrected chi connectivity index (χ4v) is 5.26. The largest absolute Gasteiger partial charge is 0.491 e. The molecule has 33 heavy (non-hydrogen) atoms. The standard InChI is InChI=1S/C24H27N5O3S/c1-28-14-19(13-25-28)16-4-5-20-21(11-16)32-9-7-18-15-29(8-6-17(18)12-22(30)26-20)24(31)27-23-3-2-10-33-23/h2-5,10-11,13-14,17-18H,6-9,12,15H2,1H3,(H,26,30)(H,27,31)/t17-,18-/m0/s1. The highest BCUT2D eigenvalue weighted by Gasteiger charge is 2.33. The molecule has 0 spiro atoms. The Morgan fingerprint density at radius 2 is 2.15 bits per heavy atom. The molecule has 8 nitrogen and oxygen atoms in total. The maximum absolute atomic E-state index is 12.8. The number of urea groups is 1. The van der Waals surface area contributed by atoms with Gasteiger partial charge in [-0.05, 0) is 59.9 Å². The topological polar surface area (TPSA) is 88.5 Å². The SMILES string of the molecule is Cn1cc(-c2ccc3c(c2)OCC[C@H]2CN(C(=O)Nc4cccs4)CC[C@H]2CC(=O)N3)cn1. The van der Waals surface area contributed by atoms with Crippen molar-refractivity contribution in [1.82, 2.24) is 14.7 Å². The number of likely N-dealkylation sites (tertiary alicyclic amines) is 1. The van der Waals surface area contributed by atoms with E-state index in [1.54, 1.807) is 4.68 Å². The maximum Gasteiger partial charge on any atom is 0.322 e. The number of amides is 3. The summed E-state index contributed by atoms with van der Waals surface area (Å²) < 4.78 is 7.91. The minimum atomic E-state index is -0.0789. The molecule has 2 aliphatic heterocycles. The van der Waals surface area contributed by atoms with Crippen molar-refractivity contribution in [2.24, 2.45) is 18.9 Å². The number of aryl methyl sites for hydroxylation is 1.